The molecule has 1 aliphatic carbocycles. The maximum Gasteiger partial charge on any atom is 0.257 e. The van der Waals surface area contributed by atoms with Crippen LogP contribution in [0.1, 0.15) is 69.7 Å². The quantitative estimate of drug-likeness (QED) is 0.740. The van der Waals surface area contributed by atoms with Crippen molar-refractivity contribution in [1.82, 2.24) is 25.0 Å². The number of nitrogens with one attached hydrogen (secondary N) is 2. The number of aryl methyl sites for hydroxylation is 1. The Bertz CT molecular complexity index is 949. The van der Waals surface area contributed by atoms with Crippen molar-refractivity contribution in [1.29, 1.82) is 0 Å². The first kappa shape index (κ1) is 21.6. The van der Waals surface area contributed by atoms with E-state index in [0.717, 1.165) is 29.7 Å². The highest BCUT2D eigenvalue weighted by Crippen LogP contribution is 2.32. The molecule has 2 aromatic heterocycles. The normalized spacial score (nSPS) is 20.7. The molecule has 2 fully saturated rings. The summed E-state index contributed by atoms with van der Waals surface area (Å²) in [6.07, 6.45) is 10.6. The molecule has 2 amide bonds. The number of rotatable bonds is 6. The van der Waals surface area contributed by atoms with Crippen molar-refractivity contribution >= 4 is 28.5 Å². The highest BCUT2D eigenvalue weighted by Gasteiger charge is 2.31. The molecular formula is C23H34N6O2. The van der Waals surface area contributed by atoms with Crippen molar-refractivity contribution in [2.45, 2.75) is 77.9 Å². The molecule has 2 N–H and O–H groups in total. The van der Waals surface area contributed by atoms with E-state index in [-0.39, 0.29) is 23.9 Å². The molecule has 168 valence electrons. The molecule has 2 aliphatic rings. The molecule has 8 nitrogen and oxygen atoms in total. The average Bonchev–Trinajstić information content (AvgIpc) is 3.40. The minimum atomic E-state index is -0.0574. The summed E-state index contributed by atoms with van der Waals surface area (Å²) in [6, 6.07) is 0.284. The van der Waals surface area contributed by atoms with E-state index in [1.165, 1.54) is 39.0 Å². The summed E-state index contributed by atoms with van der Waals surface area (Å²) >= 11 is 0. The van der Waals surface area contributed by atoms with Gasteiger partial charge in [-0.25, -0.2) is 9.67 Å². The van der Waals surface area contributed by atoms with Gasteiger partial charge in [-0.05, 0) is 39.0 Å². The fraction of sp³-hybridized carbons (Fsp3) is 0.652. The Morgan fingerprint density at radius 3 is 2.68 bits per heavy atom. The van der Waals surface area contributed by atoms with E-state index in [1.54, 1.807) is 6.20 Å². The van der Waals surface area contributed by atoms with Crippen LogP contribution in [-0.2, 0) is 11.3 Å². The summed E-state index contributed by atoms with van der Waals surface area (Å²) in [5.41, 5.74) is 2.24. The van der Waals surface area contributed by atoms with Gasteiger partial charge in [0.2, 0.25) is 5.91 Å². The lowest BCUT2D eigenvalue weighted by atomic mass is 9.84. The van der Waals surface area contributed by atoms with Crippen LogP contribution in [0.15, 0.2) is 12.4 Å². The molecule has 1 aliphatic heterocycles. The number of carbonyl (C=O) groups is 2. The highest BCUT2D eigenvalue weighted by atomic mass is 16.2. The first-order valence-electron chi connectivity index (χ1n) is 11.6. The van der Waals surface area contributed by atoms with Crippen LogP contribution in [0.3, 0.4) is 0 Å². The van der Waals surface area contributed by atoms with E-state index in [0.29, 0.717) is 24.6 Å². The van der Waals surface area contributed by atoms with Gasteiger partial charge in [-0.3, -0.25) is 9.59 Å². The predicted molar refractivity (Wildman–Crippen MR) is 121 cm³/mol. The lowest BCUT2D eigenvalue weighted by molar-refractivity contribution is -0.119. The van der Waals surface area contributed by atoms with Crippen LogP contribution in [0, 0.1) is 5.92 Å². The van der Waals surface area contributed by atoms with Gasteiger partial charge in [0.25, 0.3) is 5.91 Å². The van der Waals surface area contributed by atoms with Crippen LogP contribution in [0.25, 0.3) is 11.0 Å². The van der Waals surface area contributed by atoms with Crippen molar-refractivity contribution in [2.24, 2.45) is 5.92 Å². The van der Waals surface area contributed by atoms with Gasteiger partial charge in [0.15, 0.2) is 5.65 Å². The van der Waals surface area contributed by atoms with Crippen LogP contribution in [-0.4, -0.2) is 56.7 Å². The zero-order chi connectivity index (χ0) is 22.0. The van der Waals surface area contributed by atoms with Crippen molar-refractivity contribution in [2.75, 3.05) is 18.4 Å². The largest absolute Gasteiger partial charge is 0.381 e. The maximum atomic E-state index is 13.5. The van der Waals surface area contributed by atoms with Gasteiger partial charge in [0.1, 0.15) is 0 Å². The summed E-state index contributed by atoms with van der Waals surface area (Å²) in [5.74, 6) is 0.514. The Kier molecular flexibility index (Phi) is 6.43. The number of pyridine rings is 1. The molecule has 0 spiro atoms. The molecule has 2 aromatic rings. The fourth-order valence-corrected chi connectivity index (χ4v) is 5.08. The summed E-state index contributed by atoms with van der Waals surface area (Å²) in [6.45, 7) is 7.67. The van der Waals surface area contributed by atoms with E-state index in [2.05, 4.69) is 27.6 Å². The standard InChI is InChI=1S/C23H34N6O2/c1-4-29-22-19(13-25-29)21(26-15(2)17-8-6-5-7-9-17)20(12-24-22)23(31)28-11-10-18(14-28)27-16(3)30/h12-13,15,17-18H,4-11,14H2,1-3H3,(H,24,26)(H,27,30)/t15-,18?/m1/s1. The summed E-state index contributed by atoms with van der Waals surface area (Å²) < 4.78 is 1.86. The Morgan fingerprint density at radius 2 is 1.97 bits per heavy atom. The van der Waals surface area contributed by atoms with Crippen molar-refractivity contribution < 1.29 is 9.59 Å². The zero-order valence-electron chi connectivity index (χ0n) is 18.9. The second kappa shape index (κ2) is 9.24. The Balaban J connectivity index is 1.63. The molecule has 8 heteroatoms. The van der Waals surface area contributed by atoms with Gasteiger partial charge >= 0.3 is 0 Å². The lowest BCUT2D eigenvalue weighted by Crippen LogP contribution is -2.37. The molecule has 0 bridgehead atoms. The third-order valence-electron chi connectivity index (χ3n) is 6.81. The zero-order valence-corrected chi connectivity index (χ0v) is 18.9. The second-order valence-electron chi connectivity index (χ2n) is 9.01. The van der Waals surface area contributed by atoms with E-state index < -0.39 is 0 Å². The number of carbonyl (C=O) groups excluding carboxylic acids is 2. The molecule has 31 heavy (non-hydrogen) atoms. The Hall–Kier alpha value is -2.64. The number of likely N-dealkylation sites (tertiary alicyclic amines) is 1. The summed E-state index contributed by atoms with van der Waals surface area (Å²) in [5, 5.41) is 12.0. The Morgan fingerprint density at radius 1 is 1.19 bits per heavy atom. The van der Waals surface area contributed by atoms with Crippen molar-refractivity contribution in [3.05, 3.63) is 18.0 Å². The number of anilines is 1. The van der Waals surface area contributed by atoms with E-state index in [4.69, 9.17) is 0 Å². The van der Waals surface area contributed by atoms with E-state index >= 15 is 0 Å². The first-order valence-corrected chi connectivity index (χ1v) is 11.6. The molecule has 1 unspecified atom stereocenters. The molecule has 4 rings (SSSR count). The topological polar surface area (TPSA) is 92.2 Å². The maximum absolute atomic E-state index is 13.5. The molecule has 0 aromatic carbocycles. The van der Waals surface area contributed by atoms with Gasteiger partial charge in [0, 0.05) is 44.8 Å². The number of hydrogen-bond acceptors (Lipinski definition) is 5. The summed E-state index contributed by atoms with van der Waals surface area (Å²) in [7, 11) is 0. The van der Waals surface area contributed by atoms with Gasteiger partial charge in [-0.1, -0.05) is 19.3 Å². The minimum Gasteiger partial charge on any atom is -0.381 e. The summed E-state index contributed by atoms with van der Waals surface area (Å²) in [4.78, 5) is 31.3. The predicted octanol–water partition coefficient (Wildman–Crippen LogP) is 3.18. The number of amides is 2. The molecule has 0 radical (unpaired) electrons. The molecular weight excluding hydrogens is 392 g/mol. The van der Waals surface area contributed by atoms with Gasteiger partial charge in [-0.2, -0.15) is 5.10 Å². The molecule has 1 saturated heterocycles. The van der Waals surface area contributed by atoms with Gasteiger partial charge in [-0.15, -0.1) is 0 Å². The number of aromatic nitrogens is 3. The van der Waals surface area contributed by atoms with Crippen molar-refractivity contribution in [3.63, 3.8) is 0 Å². The van der Waals surface area contributed by atoms with E-state index in [1.807, 2.05) is 22.7 Å². The SMILES string of the molecule is CCn1ncc2c(N[C@H](C)C3CCCCC3)c(C(=O)N3CCC(NC(C)=O)C3)cnc21. The van der Waals surface area contributed by atoms with Crippen LogP contribution in [0.4, 0.5) is 5.69 Å². The Labute approximate surface area is 183 Å². The average molecular weight is 427 g/mol. The van der Waals surface area contributed by atoms with Gasteiger partial charge in [0.05, 0.1) is 22.8 Å². The minimum absolute atomic E-state index is 0.0125. The smallest absolute Gasteiger partial charge is 0.257 e. The number of hydrogen-bond donors (Lipinski definition) is 2. The third kappa shape index (κ3) is 4.52. The molecule has 3 heterocycles. The number of fused-ring (bicyclic) bond motifs is 1. The van der Waals surface area contributed by atoms with Crippen LogP contribution >= 0.6 is 0 Å². The molecule has 1 saturated carbocycles. The number of nitrogens with zero attached hydrogens (tertiary/aromatic N) is 4. The lowest BCUT2D eigenvalue weighted by Gasteiger charge is -2.30. The fourth-order valence-electron chi connectivity index (χ4n) is 5.08. The van der Waals surface area contributed by atoms with E-state index in [9.17, 15) is 9.59 Å². The monoisotopic (exact) mass is 426 g/mol. The van der Waals surface area contributed by atoms with Crippen LogP contribution in [0.5, 0.6) is 0 Å². The van der Waals surface area contributed by atoms with Gasteiger partial charge < -0.3 is 15.5 Å². The third-order valence-corrected chi connectivity index (χ3v) is 6.81. The first-order chi connectivity index (χ1) is 15.0. The van der Waals surface area contributed by atoms with Crippen LogP contribution in [0.2, 0.25) is 0 Å². The van der Waals surface area contributed by atoms with Crippen molar-refractivity contribution in [3.8, 4) is 0 Å². The highest BCUT2D eigenvalue weighted by molar-refractivity contribution is 6.06. The molecule has 2 atom stereocenters. The van der Waals surface area contributed by atoms with Crippen LogP contribution < -0.4 is 10.6 Å². The second-order valence-corrected chi connectivity index (χ2v) is 9.01.